The smallest absolute Gasteiger partial charge is 0.243 e. The van der Waals surface area contributed by atoms with Crippen molar-refractivity contribution in [2.24, 2.45) is 11.8 Å². The molecule has 1 aromatic carbocycles. The third-order valence-corrected chi connectivity index (χ3v) is 7.62. The Morgan fingerprint density at radius 1 is 1.08 bits per heavy atom. The lowest BCUT2D eigenvalue weighted by Gasteiger charge is -2.36. The minimum atomic E-state index is -3.54. The number of aryl methyl sites for hydroxylation is 1. The number of nitrogens with zero attached hydrogens (tertiary/aromatic N) is 2. The molecule has 0 bridgehead atoms. The van der Waals surface area contributed by atoms with Crippen LogP contribution in [0.5, 0.6) is 0 Å². The van der Waals surface area contributed by atoms with Gasteiger partial charge in [-0.2, -0.15) is 4.31 Å². The molecule has 1 amide bonds. The Hall–Kier alpha value is -1.40. The quantitative estimate of drug-likeness (QED) is 0.809. The predicted octanol–water partition coefficient (Wildman–Crippen LogP) is 3.04. The van der Waals surface area contributed by atoms with Crippen molar-refractivity contribution in [2.45, 2.75) is 57.4 Å². The summed E-state index contributed by atoms with van der Waals surface area (Å²) in [5.41, 5.74) is 1.03. The van der Waals surface area contributed by atoms with Crippen LogP contribution in [-0.4, -0.2) is 49.2 Å². The highest BCUT2D eigenvalue weighted by atomic mass is 32.2. The molecule has 0 radical (unpaired) electrons. The maximum absolute atomic E-state index is 13.1. The van der Waals surface area contributed by atoms with Gasteiger partial charge in [-0.15, -0.1) is 0 Å². The van der Waals surface area contributed by atoms with Crippen LogP contribution in [0.1, 0.15) is 45.1 Å². The molecule has 2 heterocycles. The van der Waals surface area contributed by atoms with Gasteiger partial charge in [0.05, 0.1) is 10.8 Å². The van der Waals surface area contributed by atoms with Gasteiger partial charge in [0.2, 0.25) is 15.9 Å². The van der Waals surface area contributed by atoms with E-state index in [9.17, 15) is 13.2 Å². The summed E-state index contributed by atoms with van der Waals surface area (Å²) in [5.74, 6) is 0.366. The zero-order valence-electron chi connectivity index (χ0n) is 16.0. The minimum Gasteiger partial charge on any atom is -0.339 e. The van der Waals surface area contributed by atoms with Crippen LogP contribution in [0.4, 0.5) is 0 Å². The second kappa shape index (κ2) is 7.69. The molecular weight excluding hydrogens is 348 g/mol. The van der Waals surface area contributed by atoms with Crippen LogP contribution < -0.4 is 0 Å². The Balaban J connectivity index is 1.74. The summed E-state index contributed by atoms with van der Waals surface area (Å²) in [6.45, 7) is 7.86. The number of carbonyl (C=O) groups is 1. The summed E-state index contributed by atoms with van der Waals surface area (Å²) < 4.78 is 27.4. The van der Waals surface area contributed by atoms with E-state index in [-0.39, 0.29) is 11.8 Å². The third kappa shape index (κ3) is 3.81. The second-order valence-electron chi connectivity index (χ2n) is 8.00. The number of piperidine rings is 1. The summed E-state index contributed by atoms with van der Waals surface area (Å²) in [5, 5.41) is 0. The zero-order valence-corrected chi connectivity index (χ0v) is 16.8. The van der Waals surface area contributed by atoms with Gasteiger partial charge in [-0.25, -0.2) is 8.42 Å². The largest absolute Gasteiger partial charge is 0.339 e. The summed E-state index contributed by atoms with van der Waals surface area (Å²) in [6.07, 6.45) is 3.62. The fourth-order valence-corrected chi connectivity index (χ4v) is 5.74. The molecule has 2 aliphatic heterocycles. The molecule has 2 saturated heterocycles. The molecule has 144 valence electrons. The number of hydrogen-bond acceptors (Lipinski definition) is 3. The Bertz CT molecular complexity index is 743. The monoisotopic (exact) mass is 378 g/mol. The topological polar surface area (TPSA) is 57.7 Å². The normalized spacial score (nSPS) is 25.0. The average Bonchev–Trinajstić information content (AvgIpc) is 3.11. The van der Waals surface area contributed by atoms with Crippen molar-refractivity contribution >= 4 is 15.9 Å². The molecule has 2 aliphatic rings. The average molecular weight is 379 g/mol. The van der Waals surface area contributed by atoms with Crippen molar-refractivity contribution in [3.8, 4) is 0 Å². The van der Waals surface area contributed by atoms with Gasteiger partial charge in [-0.1, -0.05) is 31.5 Å². The molecule has 5 nitrogen and oxygen atoms in total. The highest BCUT2D eigenvalue weighted by Crippen LogP contribution is 2.30. The van der Waals surface area contributed by atoms with Crippen molar-refractivity contribution < 1.29 is 13.2 Å². The molecule has 0 aromatic heterocycles. The number of benzene rings is 1. The van der Waals surface area contributed by atoms with E-state index in [1.54, 1.807) is 12.1 Å². The fourth-order valence-electron chi connectivity index (χ4n) is 4.22. The second-order valence-corrected chi connectivity index (χ2v) is 9.94. The standard InChI is InChI=1S/C20H30N2O3S/c1-15(2)19-7-5-13-22(19)20(23)17-6-4-12-21(14-17)26(24,25)18-10-8-16(3)9-11-18/h8-11,15,17,19H,4-7,12-14H2,1-3H3. The van der Waals surface area contributed by atoms with Gasteiger partial charge in [0, 0.05) is 25.7 Å². The minimum absolute atomic E-state index is 0.144. The van der Waals surface area contributed by atoms with Gasteiger partial charge < -0.3 is 4.90 Å². The van der Waals surface area contributed by atoms with Crippen molar-refractivity contribution in [1.82, 2.24) is 9.21 Å². The maximum atomic E-state index is 13.1. The van der Waals surface area contributed by atoms with E-state index in [2.05, 4.69) is 13.8 Å². The first kappa shape index (κ1) is 19.4. The maximum Gasteiger partial charge on any atom is 0.243 e. The van der Waals surface area contributed by atoms with E-state index in [1.165, 1.54) is 4.31 Å². The first-order chi connectivity index (χ1) is 12.3. The van der Waals surface area contributed by atoms with E-state index in [4.69, 9.17) is 0 Å². The van der Waals surface area contributed by atoms with Crippen molar-refractivity contribution in [2.75, 3.05) is 19.6 Å². The van der Waals surface area contributed by atoms with Gasteiger partial charge in [0.15, 0.2) is 0 Å². The van der Waals surface area contributed by atoms with Crippen LogP contribution in [0.15, 0.2) is 29.2 Å². The summed E-state index contributed by atoms with van der Waals surface area (Å²) in [7, 11) is -3.54. The molecule has 3 rings (SSSR count). The third-order valence-electron chi connectivity index (χ3n) is 5.74. The highest BCUT2D eigenvalue weighted by Gasteiger charge is 2.38. The summed E-state index contributed by atoms with van der Waals surface area (Å²) in [6, 6.07) is 7.25. The van der Waals surface area contributed by atoms with E-state index in [1.807, 2.05) is 24.0 Å². The highest BCUT2D eigenvalue weighted by molar-refractivity contribution is 7.89. The van der Waals surface area contributed by atoms with E-state index < -0.39 is 10.0 Å². The van der Waals surface area contributed by atoms with Crippen LogP contribution in [0.3, 0.4) is 0 Å². The lowest BCUT2D eigenvalue weighted by atomic mass is 9.96. The molecule has 2 fully saturated rings. The van der Waals surface area contributed by atoms with Gasteiger partial charge in [-0.05, 0) is 50.7 Å². The van der Waals surface area contributed by atoms with Crippen LogP contribution >= 0.6 is 0 Å². The van der Waals surface area contributed by atoms with Crippen LogP contribution in [0.25, 0.3) is 0 Å². The van der Waals surface area contributed by atoms with Gasteiger partial charge in [0.25, 0.3) is 0 Å². The summed E-state index contributed by atoms with van der Waals surface area (Å²) >= 11 is 0. The first-order valence-electron chi connectivity index (χ1n) is 9.68. The number of hydrogen-bond donors (Lipinski definition) is 0. The number of likely N-dealkylation sites (tertiary alicyclic amines) is 1. The van der Waals surface area contributed by atoms with Crippen molar-refractivity contribution in [3.05, 3.63) is 29.8 Å². The summed E-state index contributed by atoms with van der Waals surface area (Å²) in [4.78, 5) is 15.4. The molecule has 0 N–H and O–H groups in total. The van der Waals surface area contributed by atoms with Crippen molar-refractivity contribution in [1.29, 1.82) is 0 Å². The molecule has 0 saturated carbocycles. The Morgan fingerprint density at radius 2 is 1.73 bits per heavy atom. The Labute approximate surface area is 157 Å². The number of rotatable bonds is 4. The molecule has 26 heavy (non-hydrogen) atoms. The van der Waals surface area contributed by atoms with Crippen LogP contribution in [0, 0.1) is 18.8 Å². The molecule has 1 aromatic rings. The van der Waals surface area contributed by atoms with Gasteiger partial charge in [0.1, 0.15) is 0 Å². The van der Waals surface area contributed by atoms with E-state index in [0.29, 0.717) is 29.9 Å². The van der Waals surface area contributed by atoms with E-state index >= 15 is 0 Å². The Kier molecular flexibility index (Phi) is 5.72. The Morgan fingerprint density at radius 3 is 2.38 bits per heavy atom. The number of sulfonamides is 1. The zero-order chi connectivity index (χ0) is 18.9. The molecule has 0 spiro atoms. The van der Waals surface area contributed by atoms with Gasteiger partial charge in [-0.3, -0.25) is 4.79 Å². The van der Waals surface area contributed by atoms with E-state index in [0.717, 1.165) is 37.8 Å². The van der Waals surface area contributed by atoms with Gasteiger partial charge >= 0.3 is 0 Å². The van der Waals surface area contributed by atoms with Crippen LogP contribution in [-0.2, 0) is 14.8 Å². The SMILES string of the molecule is Cc1ccc(S(=O)(=O)N2CCCC(C(=O)N3CCCC3C(C)C)C2)cc1. The lowest BCUT2D eigenvalue weighted by molar-refractivity contribution is -0.138. The predicted molar refractivity (Wildman–Crippen MR) is 102 cm³/mol. The molecule has 6 heteroatoms. The number of carbonyl (C=O) groups excluding carboxylic acids is 1. The van der Waals surface area contributed by atoms with Crippen molar-refractivity contribution in [3.63, 3.8) is 0 Å². The first-order valence-corrected chi connectivity index (χ1v) is 11.1. The fraction of sp³-hybridized carbons (Fsp3) is 0.650. The lowest BCUT2D eigenvalue weighted by Crippen LogP contribution is -2.48. The molecule has 2 atom stereocenters. The molecule has 2 unspecified atom stereocenters. The van der Waals surface area contributed by atoms with Crippen LogP contribution in [0.2, 0.25) is 0 Å². The number of amides is 1. The molecular formula is C20H30N2O3S. The molecule has 0 aliphatic carbocycles.